The van der Waals surface area contributed by atoms with Gasteiger partial charge in [-0.05, 0) is 54.5 Å². The number of piperidine rings is 1. The Hall–Kier alpha value is -3.49. The van der Waals surface area contributed by atoms with Gasteiger partial charge in [0.25, 0.3) is 0 Å². The molecule has 2 atom stereocenters. The van der Waals surface area contributed by atoms with Crippen LogP contribution in [0.15, 0.2) is 70.0 Å². The van der Waals surface area contributed by atoms with Crippen LogP contribution in [0.5, 0.6) is 0 Å². The lowest BCUT2D eigenvalue weighted by Crippen LogP contribution is -2.44. The molecule has 0 spiro atoms. The van der Waals surface area contributed by atoms with Gasteiger partial charge in [0, 0.05) is 42.7 Å². The molecule has 0 aliphatic carbocycles. The van der Waals surface area contributed by atoms with Gasteiger partial charge in [-0.3, -0.25) is 0 Å². The number of aromatic nitrogens is 1. The molecule has 0 unspecified atom stereocenters. The molecule has 0 bridgehead atoms. The first kappa shape index (κ1) is 22.3. The fraction of sp³-hybridized carbons (Fsp3) is 0.308. The summed E-state index contributed by atoms with van der Waals surface area (Å²) in [5, 5.41) is 27.0. The van der Waals surface area contributed by atoms with Gasteiger partial charge in [-0.25, -0.2) is 14.2 Å². The largest absolute Gasteiger partial charge is 0.423 e. The maximum absolute atomic E-state index is 13.8. The van der Waals surface area contributed by atoms with Crippen molar-refractivity contribution >= 4 is 33.2 Å². The molecule has 2 aromatic heterocycles. The molecule has 8 heteroatoms. The number of nitrogens with one attached hydrogen (secondary N) is 1. The van der Waals surface area contributed by atoms with Crippen LogP contribution in [-0.4, -0.2) is 47.0 Å². The summed E-state index contributed by atoms with van der Waals surface area (Å²) < 4.78 is 19.0. The molecular formula is C26H26FN3O4. The van der Waals surface area contributed by atoms with Crippen molar-refractivity contribution in [3.63, 3.8) is 0 Å². The molecule has 34 heavy (non-hydrogen) atoms. The molecule has 1 fully saturated rings. The standard InChI is InChI=1S/C26H26FN3O4/c27-18-6-5-16-7-10-28-26(20(16)13-18)30-11-8-17(9-12-30)25(33)22(31)15-29-21-14-24(32)34-23-4-2-1-3-19(21)23/h1-7,10,13-14,17,22,25,29,31,33H,8-9,11-12,15H2/t22-,25+/m0/s1. The van der Waals surface area contributed by atoms with Crippen LogP contribution in [0.3, 0.4) is 0 Å². The van der Waals surface area contributed by atoms with Crippen molar-refractivity contribution in [1.29, 1.82) is 0 Å². The molecule has 0 saturated carbocycles. The molecule has 176 valence electrons. The average molecular weight is 464 g/mol. The van der Waals surface area contributed by atoms with Crippen LogP contribution in [0.4, 0.5) is 15.9 Å². The Kier molecular flexibility index (Phi) is 6.17. The highest BCUT2D eigenvalue weighted by Gasteiger charge is 2.30. The average Bonchev–Trinajstić information content (AvgIpc) is 2.86. The number of fused-ring (bicyclic) bond motifs is 2. The van der Waals surface area contributed by atoms with Gasteiger partial charge in [0.1, 0.15) is 17.2 Å². The number of hydrogen-bond donors (Lipinski definition) is 3. The highest BCUT2D eigenvalue weighted by Crippen LogP contribution is 2.30. The number of nitrogens with zero attached hydrogens (tertiary/aromatic N) is 2. The second kappa shape index (κ2) is 9.40. The van der Waals surface area contributed by atoms with Crippen LogP contribution in [-0.2, 0) is 0 Å². The van der Waals surface area contributed by atoms with Gasteiger partial charge in [0.15, 0.2) is 0 Å². The lowest BCUT2D eigenvalue weighted by Gasteiger charge is -2.36. The number of para-hydroxylation sites is 1. The zero-order valence-corrected chi connectivity index (χ0v) is 18.5. The molecule has 3 heterocycles. The molecule has 1 aliphatic heterocycles. The van der Waals surface area contributed by atoms with Crippen molar-refractivity contribution in [3.8, 4) is 0 Å². The first-order valence-corrected chi connectivity index (χ1v) is 11.4. The van der Waals surface area contributed by atoms with Crippen LogP contribution >= 0.6 is 0 Å². The summed E-state index contributed by atoms with van der Waals surface area (Å²) in [5.74, 6) is 0.353. The predicted molar refractivity (Wildman–Crippen MR) is 130 cm³/mol. The monoisotopic (exact) mass is 463 g/mol. The molecule has 0 radical (unpaired) electrons. The van der Waals surface area contributed by atoms with Gasteiger partial charge in [-0.1, -0.05) is 18.2 Å². The number of aliphatic hydroxyl groups is 2. The van der Waals surface area contributed by atoms with Crippen molar-refractivity contribution < 1.29 is 19.0 Å². The number of anilines is 2. The highest BCUT2D eigenvalue weighted by atomic mass is 19.1. The fourth-order valence-corrected chi connectivity index (χ4v) is 4.74. The number of halogens is 1. The summed E-state index contributed by atoms with van der Waals surface area (Å²) in [6, 6.07) is 15.0. The van der Waals surface area contributed by atoms with Crippen LogP contribution in [0, 0.1) is 11.7 Å². The molecule has 5 rings (SSSR count). The third-order valence-corrected chi connectivity index (χ3v) is 6.58. The third-order valence-electron chi connectivity index (χ3n) is 6.58. The fourth-order valence-electron chi connectivity index (χ4n) is 4.74. The topological polar surface area (TPSA) is 98.8 Å². The van der Waals surface area contributed by atoms with Crippen LogP contribution in [0.1, 0.15) is 12.8 Å². The van der Waals surface area contributed by atoms with Crippen LogP contribution in [0.2, 0.25) is 0 Å². The van der Waals surface area contributed by atoms with E-state index in [2.05, 4.69) is 15.2 Å². The molecule has 7 nitrogen and oxygen atoms in total. The normalized spacial score (nSPS) is 16.6. The van der Waals surface area contributed by atoms with Crippen LogP contribution < -0.4 is 15.8 Å². The zero-order chi connectivity index (χ0) is 23.7. The minimum Gasteiger partial charge on any atom is -0.423 e. The molecular weight excluding hydrogens is 437 g/mol. The Labute approximate surface area is 195 Å². The Morgan fingerprint density at radius 1 is 1.09 bits per heavy atom. The number of rotatable bonds is 6. The van der Waals surface area contributed by atoms with Gasteiger partial charge in [-0.2, -0.15) is 0 Å². The Bertz CT molecular complexity index is 1370. The Morgan fingerprint density at radius 3 is 2.71 bits per heavy atom. The number of pyridine rings is 1. The van der Waals surface area contributed by atoms with Crippen molar-refractivity contribution in [1.82, 2.24) is 4.98 Å². The minimum absolute atomic E-state index is 0.0858. The van der Waals surface area contributed by atoms with Gasteiger partial charge >= 0.3 is 5.63 Å². The second-order valence-electron chi connectivity index (χ2n) is 8.74. The first-order valence-electron chi connectivity index (χ1n) is 11.4. The van der Waals surface area contributed by atoms with E-state index in [0.29, 0.717) is 37.2 Å². The maximum atomic E-state index is 13.8. The summed E-state index contributed by atoms with van der Waals surface area (Å²) in [7, 11) is 0. The first-order chi connectivity index (χ1) is 16.5. The number of aliphatic hydroxyl groups excluding tert-OH is 2. The third kappa shape index (κ3) is 4.47. The SMILES string of the molecule is O=c1cc(NC[C@H](O)[C@H](O)C2CCN(c3nccc4ccc(F)cc34)CC2)c2ccccc2o1. The van der Waals surface area contributed by atoms with E-state index in [0.717, 1.165) is 22.0 Å². The van der Waals surface area contributed by atoms with Gasteiger partial charge < -0.3 is 24.8 Å². The zero-order valence-electron chi connectivity index (χ0n) is 18.5. The molecule has 2 aromatic carbocycles. The van der Waals surface area contributed by atoms with E-state index in [1.54, 1.807) is 24.4 Å². The molecule has 1 aliphatic rings. The predicted octanol–water partition coefficient (Wildman–Crippen LogP) is 3.53. The van der Waals surface area contributed by atoms with Crippen LogP contribution in [0.25, 0.3) is 21.7 Å². The summed E-state index contributed by atoms with van der Waals surface area (Å²) in [6.45, 7) is 1.39. The van der Waals surface area contributed by atoms with E-state index in [9.17, 15) is 19.4 Å². The number of benzene rings is 2. The van der Waals surface area contributed by atoms with Crippen molar-refractivity contribution in [3.05, 3.63) is 77.0 Å². The summed E-state index contributed by atoms with van der Waals surface area (Å²) in [6.07, 6.45) is 1.14. The Morgan fingerprint density at radius 2 is 1.88 bits per heavy atom. The van der Waals surface area contributed by atoms with Crippen molar-refractivity contribution in [2.45, 2.75) is 25.0 Å². The van der Waals surface area contributed by atoms with E-state index in [1.165, 1.54) is 18.2 Å². The highest BCUT2D eigenvalue weighted by molar-refractivity contribution is 5.92. The second-order valence-corrected chi connectivity index (χ2v) is 8.74. The van der Waals surface area contributed by atoms with E-state index < -0.39 is 17.8 Å². The van der Waals surface area contributed by atoms with Crippen molar-refractivity contribution in [2.75, 3.05) is 29.9 Å². The quantitative estimate of drug-likeness (QED) is 0.376. The lowest BCUT2D eigenvalue weighted by molar-refractivity contribution is -0.0166. The molecule has 1 saturated heterocycles. The van der Waals surface area contributed by atoms with Gasteiger partial charge in [-0.15, -0.1) is 0 Å². The van der Waals surface area contributed by atoms with E-state index in [4.69, 9.17) is 4.42 Å². The van der Waals surface area contributed by atoms with Gasteiger partial charge in [0.05, 0.1) is 17.9 Å². The smallest absolute Gasteiger partial charge is 0.338 e. The summed E-state index contributed by atoms with van der Waals surface area (Å²) in [5.41, 5.74) is 0.537. The van der Waals surface area contributed by atoms with E-state index in [1.807, 2.05) is 18.2 Å². The number of hydrogen-bond acceptors (Lipinski definition) is 7. The molecule has 0 amide bonds. The lowest BCUT2D eigenvalue weighted by atomic mass is 9.88. The molecule has 3 N–H and O–H groups in total. The van der Waals surface area contributed by atoms with Crippen molar-refractivity contribution in [2.24, 2.45) is 5.92 Å². The maximum Gasteiger partial charge on any atom is 0.338 e. The summed E-state index contributed by atoms with van der Waals surface area (Å²) in [4.78, 5) is 18.4. The Balaban J connectivity index is 1.22. The van der Waals surface area contributed by atoms with E-state index in [-0.39, 0.29) is 18.3 Å². The van der Waals surface area contributed by atoms with E-state index >= 15 is 0 Å². The summed E-state index contributed by atoms with van der Waals surface area (Å²) >= 11 is 0. The van der Waals surface area contributed by atoms with Gasteiger partial charge in [0.2, 0.25) is 0 Å². The minimum atomic E-state index is -1.01. The molecule has 4 aromatic rings.